The van der Waals surface area contributed by atoms with Crippen molar-refractivity contribution in [3.63, 3.8) is 0 Å². The second-order valence-electron chi connectivity index (χ2n) is 9.94. The number of ether oxygens (including phenoxy) is 1. The molecule has 5 heteroatoms. The molecule has 0 aromatic heterocycles. The van der Waals surface area contributed by atoms with Gasteiger partial charge in [0.1, 0.15) is 6.61 Å². The number of halogens is 1. The maximum atomic E-state index is 16.9. The number of hydrogen-bond donors (Lipinski definition) is 1. The van der Waals surface area contributed by atoms with E-state index in [1.807, 2.05) is 6.92 Å². The lowest BCUT2D eigenvalue weighted by Crippen LogP contribution is -2.66. The third-order valence-corrected chi connectivity index (χ3v) is 8.61. The van der Waals surface area contributed by atoms with Crippen molar-refractivity contribution < 1.29 is 23.8 Å². The van der Waals surface area contributed by atoms with E-state index >= 15 is 4.39 Å². The fourth-order valence-electron chi connectivity index (χ4n) is 7.50. The molecule has 1 N–H and O–H groups in total. The van der Waals surface area contributed by atoms with E-state index in [-0.39, 0.29) is 48.3 Å². The molecule has 0 spiro atoms. The SMILES string of the molecule is COCC(=O)C1[C@H](C)CC2C3CCC4=CC(=O)C=CC4(C)C3(F)C(O)CC21C. The molecular weight excluding hydrogens is 359 g/mol. The number of rotatable bonds is 3. The summed E-state index contributed by atoms with van der Waals surface area (Å²) in [5.74, 6) is -0.422. The summed E-state index contributed by atoms with van der Waals surface area (Å²) >= 11 is 0. The lowest BCUT2D eigenvalue weighted by atomic mass is 9.45. The van der Waals surface area contributed by atoms with Gasteiger partial charge in [0.15, 0.2) is 17.2 Å². The second-order valence-corrected chi connectivity index (χ2v) is 9.94. The Balaban J connectivity index is 1.77. The Kier molecular flexibility index (Phi) is 4.51. The zero-order valence-corrected chi connectivity index (χ0v) is 17.2. The minimum atomic E-state index is -1.82. The number of aliphatic hydroxyl groups excluding tert-OH is 1. The lowest BCUT2D eigenvalue weighted by Gasteiger charge is -2.62. The Labute approximate surface area is 166 Å². The van der Waals surface area contributed by atoms with Crippen LogP contribution in [0.15, 0.2) is 23.8 Å². The average Bonchev–Trinajstić information content (AvgIpc) is 2.87. The third kappa shape index (κ3) is 2.35. The summed E-state index contributed by atoms with van der Waals surface area (Å²) < 4.78 is 22.0. The standard InChI is InChI=1S/C23H31FO4/c1-13-9-17-16-6-5-14-10-15(25)7-8-22(14,3)23(16,24)19(27)11-21(17,2)20(13)18(26)12-28-4/h7-8,10,13,16-17,19-20,27H,5-6,9,11-12H2,1-4H3/t13-,16?,17?,19?,20?,21?,22?,23?/m1/s1. The molecule has 4 nitrogen and oxygen atoms in total. The van der Waals surface area contributed by atoms with Gasteiger partial charge in [-0.05, 0) is 62.0 Å². The van der Waals surface area contributed by atoms with Crippen molar-refractivity contribution >= 4 is 11.6 Å². The number of fused-ring (bicyclic) bond motifs is 5. The highest BCUT2D eigenvalue weighted by atomic mass is 19.1. The van der Waals surface area contributed by atoms with E-state index in [1.165, 1.54) is 13.2 Å². The van der Waals surface area contributed by atoms with Crippen LogP contribution in [0.2, 0.25) is 0 Å². The molecular formula is C23H31FO4. The lowest BCUT2D eigenvalue weighted by molar-refractivity contribution is -0.196. The molecule has 0 radical (unpaired) electrons. The highest BCUT2D eigenvalue weighted by molar-refractivity contribution is 6.01. The molecule has 28 heavy (non-hydrogen) atoms. The maximum absolute atomic E-state index is 16.9. The van der Waals surface area contributed by atoms with E-state index in [0.717, 1.165) is 12.0 Å². The van der Waals surface area contributed by atoms with Crippen molar-refractivity contribution in [3.8, 4) is 0 Å². The van der Waals surface area contributed by atoms with E-state index in [4.69, 9.17) is 4.74 Å². The number of carbonyl (C=O) groups excluding carboxylic acids is 2. The van der Waals surface area contributed by atoms with Crippen molar-refractivity contribution in [2.24, 2.45) is 34.5 Å². The van der Waals surface area contributed by atoms with E-state index in [0.29, 0.717) is 12.8 Å². The molecule has 0 aliphatic heterocycles. The molecule has 0 saturated heterocycles. The first-order valence-corrected chi connectivity index (χ1v) is 10.4. The highest BCUT2D eigenvalue weighted by Crippen LogP contribution is 2.69. The van der Waals surface area contributed by atoms with Crippen molar-refractivity contribution in [1.82, 2.24) is 0 Å². The number of allylic oxidation sites excluding steroid dienone is 4. The predicted molar refractivity (Wildman–Crippen MR) is 103 cm³/mol. The van der Waals surface area contributed by atoms with Gasteiger partial charge in [-0.15, -0.1) is 0 Å². The average molecular weight is 390 g/mol. The smallest absolute Gasteiger partial charge is 0.178 e. The maximum Gasteiger partial charge on any atom is 0.178 e. The zero-order valence-electron chi connectivity index (χ0n) is 17.2. The summed E-state index contributed by atoms with van der Waals surface area (Å²) in [6, 6.07) is 0. The van der Waals surface area contributed by atoms with Gasteiger partial charge in [0, 0.05) is 24.4 Å². The predicted octanol–water partition coefficient (Wildman–Crippen LogP) is 3.43. The topological polar surface area (TPSA) is 63.6 Å². The first-order chi connectivity index (χ1) is 13.1. The van der Waals surface area contributed by atoms with Crippen LogP contribution in [0, 0.1) is 34.5 Å². The molecule has 7 unspecified atom stereocenters. The molecule has 0 bridgehead atoms. The van der Waals surface area contributed by atoms with Crippen LogP contribution in [0.1, 0.15) is 46.5 Å². The first kappa shape index (κ1) is 20.0. The fraction of sp³-hybridized carbons (Fsp3) is 0.739. The van der Waals surface area contributed by atoms with Crippen LogP contribution in [0.4, 0.5) is 4.39 Å². The van der Waals surface area contributed by atoms with Crippen LogP contribution in [0.3, 0.4) is 0 Å². The van der Waals surface area contributed by atoms with Crippen LogP contribution in [-0.2, 0) is 14.3 Å². The summed E-state index contributed by atoms with van der Waals surface area (Å²) in [7, 11) is 1.52. The molecule has 154 valence electrons. The second kappa shape index (κ2) is 6.33. The Morgan fingerprint density at radius 2 is 2.07 bits per heavy atom. The minimum Gasteiger partial charge on any atom is -0.390 e. The van der Waals surface area contributed by atoms with Gasteiger partial charge in [-0.3, -0.25) is 9.59 Å². The van der Waals surface area contributed by atoms with E-state index < -0.39 is 22.6 Å². The Morgan fingerprint density at radius 1 is 1.36 bits per heavy atom. The molecule has 0 aromatic carbocycles. The van der Waals surface area contributed by atoms with Crippen LogP contribution in [0.25, 0.3) is 0 Å². The van der Waals surface area contributed by atoms with Gasteiger partial charge in [-0.2, -0.15) is 0 Å². The van der Waals surface area contributed by atoms with Crippen molar-refractivity contribution in [2.75, 3.05) is 13.7 Å². The van der Waals surface area contributed by atoms with E-state index in [2.05, 4.69) is 13.8 Å². The van der Waals surface area contributed by atoms with Gasteiger partial charge in [-0.1, -0.05) is 25.5 Å². The van der Waals surface area contributed by atoms with Gasteiger partial charge >= 0.3 is 0 Å². The largest absolute Gasteiger partial charge is 0.390 e. The van der Waals surface area contributed by atoms with Crippen LogP contribution in [0.5, 0.6) is 0 Å². The number of hydrogen-bond acceptors (Lipinski definition) is 4. The summed E-state index contributed by atoms with van der Waals surface area (Å²) in [6.45, 7) is 6.03. The summed E-state index contributed by atoms with van der Waals surface area (Å²) in [5.41, 5.74) is -2.43. The monoisotopic (exact) mass is 390 g/mol. The van der Waals surface area contributed by atoms with Crippen LogP contribution < -0.4 is 0 Å². The first-order valence-electron chi connectivity index (χ1n) is 10.4. The van der Waals surface area contributed by atoms with Crippen molar-refractivity contribution in [1.29, 1.82) is 0 Å². The summed E-state index contributed by atoms with van der Waals surface area (Å²) in [6.07, 6.45) is 5.82. The Hall–Kier alpha value is -1.33. The number of carbonyl (C=O) groups is 2. The number of ketones is 2. The van der Waals surface area contributed by atoms with Crippen LogP contribution >= 0.6 is 0 Å². The fourth-order valence-corrected chi connectivity index (χ4v) is 7.50. The number of Topliss-reactive ketones (excluding diaryl/α,β-unsaturated/α-hetero) is 1. The summed E-state index contributed by atoms with van der Waals surface area (Å²) in [5, 5.41) is 11.2. The van der Waals surface area contributed by atoms with Gasteiger partial charge in [0.05, 0.1) is 6.10 Å². The molecule has 3 fully saturated rings. The Morgan fingerprint density at radius 3 is 2.75 bits per heavy atom. The van der Waals surface area contributed by atoms with Gasteiger partial charge in [0.2, 0.25) is 0 Å². The minimum absolute atomic E-state index is 0.0334. The van der Waals surface area contributed by atoms with Crippen LogP contribution in [-0.4, -0.2) is 42.2 Å². The van der Waals surface area contributed by atoms with Crippen molar-refractivity contribution in [2.45, 2.75) is 58.2 Å². The Bertz CT molecular complexity index is 773. The molecule has 3 saturated carbocycles. The molecule has 4 rings (SSSR count). The van der Waals surface area contributed by atoms with E-state index in [9.17, 15) is 14.7 Å². The molecule has 0 heterocycles. The molecule has 0 amide bonds. The quantitative estimate of drug-likeness (QED) is 0.802. The van der Waals surface area contributed by atoms with E-state index in [1.54, 1.807) is 12.2 Å². The van der Waals surface area contributed by atoms with Gasteiger partial charge in [0.25, 0.3) is 0 Å². The number of alkyl halides is 1. The number of methoxy groups -OCH3 is 1. The number of aliphatic hydroxyl groups is 1. The van der Waals surface area contributed by atoms with Crippen molar-refractivity contribution in [3.05, 3.63) is 23.8 Å². The molecule has 0 aromatic rings. The third-order valence-electron chi connectivity index (χ3n) is 8.61. The molecule has 4 aliphatic rings. The van der Waals surface area contributed by atoms with Gasteiger partial charge in [-0.25, -0.2) is 4.39 Å². The normalized spacial score (nSPS) is 49.9. The highest BCUT2D eigenvalue weighted by Gasteiger charge is 2.71. The molecule has 4 aliphatic carbocycles. The van der Waals surface area contributed by atoms with Gasteiger partial charge < -0.3 is 9.84 Å². The summed E-state index contributed by atoms with van der Waals surface area (Å²) in [4.78, 5) is 24.7. The zero-order chi connectivity index (χ0) is 20.5. The molecule has 8 atom stereocenters.